The summed E-state index contributed by atoms with van der Waals surface area (Å²) in [5, 5.41) is 0. The third-order valence-electron chi connectivity index (χ3n) is 4.19. The molecule has 0 aromatic rings. The highest BCUT2D eigenvalue weighted by Gasteiger charge is 2.61. The molecule has 0 amide bonds. The summed E-state index contributed by atoms with van der Waals surface area (Å²) in [6.07, 6.45) is 7.75. The van der Waals surface area contributed by atoms with Gasteiger partial charge >= 0.3 is 0 Å². The predicted molar refractivity (Wildman–Crippen MR) is 41.3 cm³/mol. The van der Waals surface area contributed by atoms with E-state index in [2.05, 4.69) is 0 Å². The quantitative estimate of drug-likeness (QED) is 0.473. The predicted octanol–water partition coefficient (Wildman–Crippen LogP) is 2.13. The van der Waals surface area contributed by atoms with E-state index in [9.17, 15) is 5.53 Å². The molecule has 2 heterocycles. The van der Waals surface area contributed by atoms with E-state index in [0.717, 1.165) is 5.92 Å². The van der Waals surface area contributed by atoms with Crippen LogP contribution in [0, 0.1) is 5.92 Å². The Kier molecular flexibility index (Phi) is 0.936. The van der Waals surface area contributed by atoms with E-state index in [1.54, 1.807) is 4.70 Å². The Labute approximate surface area is 67.1 Å². The largest absolute Gasteiger partial charge is 0.506 e. The van der Waals surface area contributed by atoms with Gasteiger partial charge in [0.05, 0.1) is 0 Å². The summed E-state index contributed by atoms with van der Waals surface area (Å²) in [4.78, 5) is 0. The minimum Gasteiger partial charge on any atom is -0.506 e. The standard InChI is InChI=1S/C9H14N2/c10-11-8-3-5-9(11)4-1-2-7(9)6-8/h7-8H,1-6H2. The zero-order chi connectivity index (χ0) is 7.47. The highest BCUT2D eigenvalue weighted by atomic mass is 15.3. The highest BCUT2D eigenvalue weighted by Crippen LogP contribution is 2.55. The van der Waals surface area contributed by atoms with Gasteiger partial charge in [-0.05, 0) is 12.8 Å². The van der Waals surface area contributed by atoms with Crippen LogP contribution in [-0.4, -0.2) is 16.3 Å². The molecule has 3 aliphatic rings. The van der Waals surface area contributed by atoms with Gasteiger partial charge in [-0.15, -0.1) is 0 Å². The van der Waals surface area contributed by atoms with E-state index in [0.29, 0.717) is 6.04 Å². The Bertz CT molecular complexity index is 220. The average molecular weight is 150 g/mol. The molecule has 0 N–H and O–H groups in total. The molecule has 3 unspecified atom stereocenters. The smallest absolute Gasteiger partial charge is 0.154 e. The van der Waals surface area contributed by atoms with Gasteiger partial charge in [0.2, 0.25) is 0 Å². The first kappa shape index (κ1) is 6.15. The molecule has 2 heteroatoms. The van der Waals surface area contributed by atoms with Gasteiger partial charge < -0.3 is 10.2 Å². The summed E-state index contributed by atoms with van der Waals surface area (Å²) < 4.78 is 1.71. The van der Waals surface area contributed by atoms with Crippen LogP contribution < -0.4 is 0 Å². The van der Waals surface area contributed by atoms with Crippen LogP contribution in [0.4, 0.5) is 0 Å². The molecule has 3 fully saturated rings. The normalized spacial score (nSPS) is 53.6. The van der Waals surface area contributed by atoms with Gasteiger partial charge in [0.25, 0.3) is 0 Å². The number of fused-ring (bicyclic) bond motifs is 1. The Balaban J connectivity index is 2.09. The van der Waals surface area contributed by atoms with Crippen LogP contribution in [-0.2, 0) is 0 Å². The summed E-state index contributed by atoms with van der Waals surface area (Å²) in [5.41, 5.74) is 10.1. The average Bonchev–Trinajstić information content (AvgIpc) is 2.61. The van der Waals surface area contributed by atoms with Crippen molar-refractivity contribution < 1.29 is 4.70 Å². The zero-order valence-corrected chi connectivity index (χ0v) is 6.79. The van der Waals surface area contributed by atoms with E-state index in [-0.39, 0.29) is 5.54 Å². The number of hydrogen-bond acceptors (Lipinski definition) is 0. The highest BCUT2D eigenvalue weighted by molar-refractivity contribution is 5.03. The first-order chi connectivity index (χ1) is 5.33. The van der Waals surface area contributed by atoms with Crippen molar-refractivity contribution in [1.82, 2.24) is 0 Å². The van der Waals surface area contributed by atoms with Gasteiger partial charge in [-0.25, -0.2) is 0 Å². The molecule has 1 spiro atoms. The molecule has 0 aromatic carbocycles. The van der Waals surface area contributed by atoms with Crippen molar-refractivity contribution in [2.24, 2.45) is 5.92 Å². The number of nitrogens with zero attached hydrogens (tertiary/aromatic N) is 2. The minimum atomic E-state index is 0.269. The molecule has 0 radical (unpaired) electrons. The fourth-order valence-electron chi connectivity index (χ4n) is 3.66. The van der Waals surface area contributed by atoms with Gasteiger partial charge in [-0.1, -0.05) is 0 Å². The van der Waals surface area contributed by atoms with E-state index in [4.69, 9.17) is 0 Å². The lowest BCUT2D eigenvalue weighted by molar-refractivity contribution is -0.616. The van der Waals surface area contributed by atoms with E-state index >= 15 is 0 Å². The van der Waals surface area contributed by atoms with Crippen molar-refractivity contribution in [3.63, 3.8) is 0 Å². The van der Waals surface area contributed by atoms with Crippen LogP contribution in [0.25, 0.3) is 5.53 Å². The summed E-state index contributed by atoms with van der Waals surface area (Å²) in [5.74, 6) is 0.839. The molecular weight excluding hydrogens is 136 g/mol. The van der Waals surface area contributed by atoms with Gasteiger partial charge in [-0.2, -0.15) is 0 Å². The van der Waals surface area contributed by atoms with Crippen molar-refractivity contribution in [3.05, 3.63) is 5.53 Å². The Morgan fingerprint density at radius 1 is 1.27 bits per heavy atom. The monoisotopic (exact) mass is 150 g/mol. The topological polar surface area (TPSA) is 25.3 Å². The molecule has 2 bridgehead atoms. The van der Waals surface area contributed by atoms with Crippen LogP contribution in [0.15, 0.2) is 0 Å². The molecule has 2 nitrogen and oxygen atoms in total. The molecule has 2 saturated heterocycles. The number of rotatable bonds is 0. The van der Waals surface area contributed by atoms with E-state index in [1.807, 2.05) is 0 Å². The van der Waals surface area contributed by atoms with Crippen LogP contribution in [0.3, 0.4) is 0 Å². The first-order valence-corrected chi connectivity index (χ1v) is 4.81. The van der Waals surface area contributed by atoms with Crippen LogP contribution >= 0.6 is 0 Å². The van der Waals surface area contributed by atoms with E-state index < -0.39 is 0 Å². The fourth-order valence-corrected chi connectivity index (χ4v) is 3.66. The lowest BCUT2D eigenvalue weighted by atomic mass is 9.81. The summed E-state index contributed by atoms with van der Waals surface area (Å²) in [6.45, 7) is 0. The maximum atomic E-state index is 9.82. The lowest BCUT2D eigenvalue weighted by Crippen LogP contribution is -2.33. The summed E-state index contributed by atoms with van der Waals surface area (Å²) in [7, 11) is 0. The molecule has 2 aliphatic heterocycles. The van der Waals surface area contributed by atoms with Gasteiger partial charge in [0.15, 0.2) is 5.54 Å². The molecule has 0 aromatic heterocycles. The lowest BCUT2D eigenvalue weighted by Gasteiger charge is -2.22. The second-order valence-corrected chi connectivity index (χ2v) is 4.47. The van der Waals surface area contributed by atoms with Crippen LogP contribution in [0.5, 0.6) is 0 Å². The zero-order valence-electron chi connectivity index (χ0n) is 6.79. The third kappa shape index (κ3) is 0.522. The van der Waals surface area contributed by atoms with Crippen molar-refractivity contribution in [1.29, 1.82) is 0 Å². The molecule has 1 saturated carbocycles. The van der Waals surface area contributed by atoms with Gasteiger partial charge in [0.1, 0.15) is 6.04 Å². The van der Waals surface area contributed by atoms with Crippen molar-refractivity contribution in [2.75, 3.05) is 0 Å². The molecule has 11 heavy (non-hydrogen) atoms. The molecular formula is C9H14N2. The molecule has 60 valence electrons. The summed E-state index contributed by atoms with van der Waals surface area (Å²) in [6, 6.07) is 0.528. The Morgan fingerprint density at radius 2 is 2.18 bits per heavy atom. The van der Waals surface area contributed by atoms with E-state index in [1.165, 1.54) is 38.5 Å². The second kappa shape index (κ2) is 1.67. The maximum absolute atomic E-state index is 9.82. The number of hydrogen-bond donors (Lipinski definition) is 0. The first-order valence-electron chi connectivity index (χ1n) is 4.81. The maximum Gasteiger partial charge on any atom is 0.154 e. The molecule has 3 atom stereocenters. The van der Waals surface area contributed by atoms with Crippen molar-refractivity contribution in [3.8, 4) is 0 Å². The van der Waals surface area contributed by atoms with Gasteiger partial charge in [0, 0.05) is 31.6 Å². The second-order valence-electron chi connectivity index (χ2n) is 4.47. The molecule has 3 rings (SSSR count). The Hall–Kier alpha value is -0.400. The minimum absolute atomic E-state index is 0.269. The Morgan fingerprint density at radius 3 is 2.91 bits per heavy atom. The fraction of sp³-hybridized carbons (Fsp3) is 1.00. The third-order valence-corrected chi connectivity index (χ3v) is 4.19. The van der Waals surface area contributed by atoms with Crippen molar-refractivity contribution >= 4 is 0 Å². The summed E-state index contributed by atoms with van der Waals surface area (Å²) >= 11 is 0. The SMILES string of the molecule is [N-]=[N+]1C2CCC13CCCC3C2. The van der Waals surface area contributed by atoms with Crippen molar-refractivity contribution in [2.45, 2.75) is 50.1 Å². The van der Waals surface area contributed by atoms with Gasteiger partial charge in [-0.3, -0.25) is 0 Å². The molecule has 1 aliphatic carbocycles. The van der Waals surface area contributed by atoms with Crippen LogP contribution in [0.2, 0.25) is 0 Å². The van der Waals surface area contributed by atoms with Crippen LogP contribution in [0.1, 0.15) is 38.5 Å².